The highest BCUT2D eigenvalue weighted by atomic mass is 32.2. The number of sulfonamides is 1. The van der Waals surface area contributed by atoms with E-state index in [1.165, 1.54) is 4.31 Å². The van der Waals surface area contributed by atoms with Gasteiger partial charge in [-0.3, -0.25) is 13.9 Å². The summed E-state index contributed by atoms with van der Waals surface area (Å²) in [5, 5.41) is 2.88. The summed E-state index contributed by atoms with van der Waals surface area (Å²) in [6.07, 6.45) is 1.82. The summed E-state index contributed by atoms with van der Waals surface area (Å²) >= 11 is 0. The van der Waals surface area contributed by atoms with Crippen LogP contribution in [0.2, 0.25) is 0 Å². The number of carbonyl (C=O) groups is 2. The first-order chi connectivity index (χ1) is 19.3. The van der Waals surface area contributed by atoms with E-state index in [1.807, 2.05) is 67.6 Å². The standard InChI is InChI=1S/C30H35N3O6S/c1-3-31-30(35)26(19-23-11-6-4-7-12-23)32(21-24-13-8-5-9-14-24)29(34)15-10-18-33(40(2,36)37)25-16-17-27-28(20-25)39-22-38-27/h4-9,11-14,16-17,20,26H,3,10,15,18-19,21-22H2,1-2H3,(H,31,35)/t26-/m0/s1. The molecule has 1 heterocycles. The van der Waals surface area contributed by atoms with Crippen LogP contribution in [0.4, 0.5) is 5.69 Å². The van der Waals surface area contributed by atoms with Crippen LogP contribution in [0.5, 0.6) is 11.5 Å². The largest absolute Gasteiger partial charge is 0.454 e. The first-order valence-corrected chi connectivity index (χ1v) is 15.1. The van der Waals surface area contributed by atoms with Gasteiger partial charge in [-0.25, -0.2) is 8.42 Å². The van der Waals surface area contributed by atoms with Crippen molar-refractivity contribution in [2.45, 2.75) is 38.8 Å². The Hall–Kier alpha value is -4.05. The normalized spacial score (nSPS) is 12.9. The Bertz CT molecular complexity index is 1400. The molecule has 0 aliphatic carbocycles. The van der Waals surface area contributed by atoms with Crippen LogP contribution < -0.4 is 19.1 Å². The van der Waals surface area contributed by atoms with E-state index in [-0.39, 0.29) is 44.5 Å². The topological polar surface area (TPSA) is 105 Å². The summed E-state index contributed by atoms with van der Waals surface area (Å²) in [6.45, 7) is 2.71. The molecule has 0 bridgehead atoms. The van der Waals surface area contributed by atoms with Crippen LogP contribution in [0.1, 0.15) is 30.9 Å². The molecule has 1 N–H and O–H groups in total. The molecule has 0 saturated carbocycles. The third-order valence-corrected chi connectivity index (χ3v) is 7.81. The zero-order valence-electron chi connectivity index (χ0n) is 22.8. The number of fused-ring (bicyclic) bond motifs is 1. The van der Waals surface area contributed by atoms with Crippen molar-refractivity contribution < 1.29 is 27.5 Å². The lowest BCUT2D eigenvalue weighted by Crippen LogP contribution is -2.50. The Morgan fingerprint density at radius 1 is 0.925 bits per heavy atom. The molecule has 3 aromatic rings. The van der Waals surface area contributed by atoms with Gasteiger partial charge in [0.05, 0.1) is 11.9 Å². The second-order valence-electron chi connectivity index (χ2n) is 9.58. The Labute approximate surface area is 235 Å². The Morgan fingerprint density at radius 3 is 2.23 bits per heavy atom. The summed E-state index contributed by atoms with van der Waals surface area (Å²) in [5.74, 6) is 0.574. The molecule has 0 unspecified atom stereocenters. The molecule has 1 aliphatic heterocycles. The Morgan fingerprint density at radius 2 is 1.57 bits per heavy atom. The fourth-order valence-electron chi connectivity index (χ4n) is 4.67. The highest BCUT2D eigenvalue weighted by Gasteiger charge is 2.30. The van der Waals surface area contributed by atoms with Gasteiger partial charge in [-0.2, -0.15) is 0 Å². The van der Waals surface area contributed by atoms with Crippen molar-refractivity contribution in [1.29, 1.82) is 0 Å². The van der Waals surface area contributed by atoms with Gasteiger partial charge >= 0.3 is 0 Å². The zero-order valence-corrected chi connectivity index (χ0v) is 23.6. The molecule has 40 heavy (non-hydrogen) atoms. The summed E-state index contributed by atoms with van der Waals surface area (Å²) < 4.78 is 37.3. The van der Waals surface area contributed by atoms with Crippen molar-refractivity contribution in [3.05, 3.63) is 90.0 Å². The van der Waals surface area contributed by atoms with Crippen molar-refractivity contribution in [1.82, 2.24) is 10.2 Å². The lowest BCUT2D eigenvalue weighted by atomic mass is 10.0. The molecule has 212 valence electrons. The van der Waals surface area contributed by atoms with Gasteiger partial charge in [-0.05, 0) is 36.6 Å². The van der Waals surface area contributed by atoms with Crippen molar-refractivity contribution in [2.24, 2.45) is 0 Å². The number of hydrogen-bond donors (Lipinski definition) is 1. The Balaban J connectivity index is 1.54. The molecule has 1 aliphatic rings. The maximum atomic E-state index is 13.8. The monoisotopic (exact) mass is 565 g/mol. The molecule has 0 saturated heterocycles. The van der Waals surface area contributed by atoms with Gasteiger partial charge in [0.15, 0.2) is 11.5 Å². The number of likely N-dealkylation sites (N-methyl/N-ethyl adjacent to an activating group) is 1. The molecule has 9 nitrogen and oxygen atoms in total. The van der Waals surface area contributed by atoms with E-state index in [2.05, 4.69) is 5.32 Å². The number of benzene rings is 3. The fourth-order valence-corrected chi connectivity index (χ4v) is 5.63. The molecule has 2 amide bonds. The van der Waals surface area contributed by atoms with Crippen molar-refractivity contribution in [3.63, 3.8) is 0 Å². The summed E-state index contributed by atoms with van der Waals surface area (Å²) in [5.41, 5.74) is 2.27. The number of amides is 2. The van der Waals surface area contributed by atoms with Gasteiger partial charge in [-0.15, -0.1) is 0 Å². The van der Waals surface area contributed by atoms with Gasteiger partial charge in [0, 0.05) is 38.5 Å². The van der Waals surface area contributed by atoms with E-state index in [9.17, 15) is 18.0 Å². The molecule has 0 radical (unpaired) electrons. The molecule has 1 atom stereocenters. The van der Waals surface area contributed by atoms with Gasteiger partial charge in [0.1, 0.15) is 6.04 Å². The van der Waals surface area contributed by atoms with E-state index >= 15 is 0 Å². The zero-order chi connectivity index (χ0) is 28.5. The molecule has 3 aromatic carbocycles. The van der Waals surface area contributed by atoms with Crippen molar-refractivity contribution in [2.75, 3.05) is 30.4 Å². The van der Waals surface area contributed by atoms with E-state index in [1.54, 1.807) is 23.1 Å². The highest BCUT2D eigenvalue weighted by molar-refractivity contribution is 7.92. The number of rotatable bonds is 13. The van der Waals surface area contributed by atoms with Crippen LogP contribution in [-0.4, -0.2) is 57.3 Å². The number of hydrogen-bond acceptors (Lipinski definition) is 6. The van der Waals surface area contributed by atoms with Crippen molar-refractivity contribution >= 4 is 27.5 Å². The number of carbonyl (C=O) groups excluding carboxylic acids is 2. The number of nitrogens with zero attached hydrogens (tertiary/aromatic N) is 2. The first-order valence-electron chi connectivity index (χ1n) is 13.3. The maximum absolute atomic E-state index is 13.8. The maximum Gasteiger partial charge on any atom is 0.243 e. The van der Waals surface area contributed by atoms with Crippen LogP contribution in [0.25, 0.3) is 0 Å². The molecule has 10 heteroatoms. The average molecular weight is 566 g/mol. The molecule has 0 aromatic heterocycles. The lowest BCUT2D eigenvalue weighted by molar-refractivity contribution is -0.141. The van der Waals surface area contributed by atoms with E-state index < -0.39 is 16.1 Å². The third-order valence-electron chi connectivity index (χ3n) is 6.61. The summed E-state index contributed by atoms with van der Waals surface area (Å²) in [6, 6.07) is 23.3. The minimum Gasteiger partial charge on any atom is -0.454 e. The minimum atomic E-state index is -3.63. The molecular formula is C30H35N3O6S. The third kappa shape index (κ3) is 7.53. The fraction of sp³-hybridized carbons (Fsp3) is 0.333. The average Bonchev–Trinajstić information content (AvgIpc) is 3.41. The van der Waals surface area contributed by atoms with Gasteiger partial charge in [0.25, 0.3) is 0 Å². The SMILES string of the molecule is CCNC(=O)[C@H](Cc1ccccc1)N(Cc1ccccc1)C(=O)CCCN(c1ccc2c(c1)OCO2)S(C)(=O)=O. The first kappa shape index (κ1) is 28.9. The van der Waals surface area contributed by atoms with Crippen LogP contribution in [-0.2, 0) is 32.6 Å². The molecule has 0 spiro atoms. The summed E-state index contributed by atoms with van der Waals surface area (Å²) in [4.78, 5) is 28.6. The second-order valence-corrected chi connectivity index (χ2v) is 11.5. The van der Waals surface area contributed by atoms with Crippen molar-refractivity contribution in [3.8, 4) is 11.5 Å². The van der Waals surface area contributed by atoms with Crippen LogP contribution in [0.15, 0.2) is 78.9 Å². The predicted octanol–water partition coefficient (Wildman–Crippen LogP) is 3.74. The van der Waals surface area contributed by atoms with E-state index in [0.717, 1.165) is 17.4 Å². The molecule has 4 rings (SSSR count). The van der Waals surface area contributed by atoms with Gasteiger partial charge in [-0.1, -0.05) is 60.7 Å². The lowest BCUT2D eigenvalue weighted by Gasteiger charge is -2.32. The molecular weight excluding hydrogens is 530 g/mol. The number of nitrogens with one attached hydrogen (secondary N) is 1. The predicted molar refractivity (Wildman–Crippen MR) is 154 cm³/mol. The Kier molecular flexibility index (Phi) is 9.65. The van der Waals surface area contributed by atoms with Gasteiger partial charge in [0.2, 0.25) is 28.6 Å². The molecule has 0 fully saturated rings. The number of ether oxygens (including phenoxy) is 2. The summed E-state index contributed by atoms with van der Waals surface area (Å²) in [7, 11) is -3.63. The minimum absolute atomic E-state index is 0.0636. The van der Waals surface area contributed by atoms with Crippen LogP contribution in [0.3, 0.4) is 0 Å². The van der Waals surface area contributed by atoms with Crippen LogP contribution in [0, 0.1) is 0 Å². The second kappa shape index (κ2) is 13.3. The number of anilines is 1. The van der Waals surface area contributed by atoms with Crippen LogP contribution >= 0.6 is 0 Å². The van der Waals surface area contributed by atoms with E-state index in [4.69, 9.17) is 9.47 Å². The van der Waals surface area contributed by atoms with E-state index in [0.29, 0.717) is 30.2 Å². The highest BCUT2D eigenvalue weighted by Crippen LogP contribution is 2.36. The van der Waals surface area contributed by atoms with Gasteiger partial charge < -0.3 is 19.7 Å². The quantitative estimate of drug-likeness (QED) is 0.339. The smallest absolute Gasteiger partial charge is 0.243 e.